The van der Waals surface area contributed by atoms with Crippen LogP contribution in [0.1, 0.15) is 25.7 Å². The summed E-state index contributed by atoms with van der Waals surface area (Å²) >= 11 is 2.95. The highest BCUT2D eigenvalue weighted by Gasteiger charge is 2.26. The standard InChI is InChI=1S/C21H20N2O2S2/c1-2-12-23-20(25)15-13-18(14-8-4-3-5-9-14)26-19(15)22-21(23)27-17-11-7-6-10-16(17)24/h2-5,8-9,13,17H,1,6-7,10-12H2. The van der Waals surface area contributed by atoms with E-state index in [0.29, 0.717) is 23.5 Å². The SMILES string of the molecule is C=CCn1c(SC2CCCCC2=O)nc2sc(-c3ccccc3)cc2c1=O. The Kier molecular flexibility index (Phi) is 5.27. The van der Waals surface area contributed by atoms with E-state index < -0.39 is 0 Å². The number of hydrogen-bond acceptors (Lipinski definition) is 5. The van der Waals surface area contributed by atoms with Crippen LogP contribution in [0.2, 0.25) is 0 Å². The smallest absolute Gasteiger partial charge is 0.263 e. The van der Waals surface area contributed by atoms with Crippen molar-refractivity contribution in [3.05, 3.63) is 59.4 Å². The second kappa shape index (κ2) is 7.82. The van der Waals surface area contributed by atoms with E-state index in [2.05, 4.69) is 6.58 Å². The highest BCUT2D eigenvalue weighted by molar-refractivity contribution is 8.00. The molecule has 0 bridgehead atoms. The first-order valence-electron chi connectivity index (χ1n) is 9.07. The molecule has 6 heteroatoms. The molecule has 0 N–H and O–H groups in total. The third kappa shape index (κ3) is 3.64. The molecule has 0 amide bonds. The van der Waals surface area contributed by atoms with Gasteiger partial charge >= 0.3 is 0 Å². The molecule has 0 spiro atoms. The molecule has 1 aliphatic carbocycles. The van der Waals surface area contributed by atoms with Crippen LogP contribution in [0.4, 0.5) is 0 Å². The largest absolute Gasteiger partial charge is 0.298 e. The molecule has 2 heterocycles. The molecule has 1 aliphatic rings. The van der Waals surface area contributed by atoms with E-state index in [1.54, 1.807) is 10.6 Å². The van der Waals surface area contributed by atoms with Crippen LogP contribution in [0.15, 0.2) is 59.0 Å². The molecule has 1 unspecified atom stereocenters. The summed E-state index contributed by atoms with van der Waals surface area (Å²) < 4.78 is 1.64. The number of nitrogens with zero attached hydrogens (tertiary/aromatic N) is 2. The van der Waals surface area contributed by atoms with Crippen molar-refractivity contribution in [2.24, 2.45) is 0 Å². The van der Waals surface area contributed by atoms with Crippen LogP contribution in [0.3, 0.4) is 0 Å². The number of ketones is 1. The number of aromatic nitrogens is 2. The average molecular weight is 397 g/mol. The molecule has 0 aliphatic heterocycles. The van der Waals surface area contributed by atoms with Crippen LogP contribution >= 0.6 is 23.1 Å². The average Bonchev–Trinajstić information content (AvgIpc) is 3.12. The molecule has 1 saturated carbocycles. The summed E-state index contributed by atoms with van der Waals surface area (Å²) in [4.78, 5) is 31.9. The number of rotatable bonds is 5. The van der Waals surface area contributed by atoms with Gasteiger partial charge in [0.25, 0.3) is 5.56 Å². The number of thiophene rings is 1. The third-order valence-electron chi connectivity index (χ3n) is 4.73. The normalized spacial score (nSPS) is 17.3. The lowest BCUT2D eigenvalue weighted by molar-refractivity contribution is -0.119. The van der Waals surface area contributed by atoms with Gasteiger partial charge in [0.15, 0.2) is 5.16 Å². The quantitative estimate of drug-likeness (QED) is 0.454. The minimum absolute atomic E-state index is 0.0657. The number of hydrogen-bond donors (Lipinski definition) is 0. The van der Waals surface area contributed by atoms with Gasteiger partial charge in [-0.15, -0.1) is 17.9 Å². The lowest BCUT2D eigenvalue weighted by Gasteiger charge is -2.20. The summed E-state index contributed by atoms with van der Waals surface area (Å²) in [7, 11) is 0. The van der Waals surface area contributed by atoms with Crippen molar-refractivity contribution in [3.8, 4) is 10.4 Å². The van der Waals surface area contributed by atoms with Crippen LogP contribution in [-0.4, -0.2) is 20.6 Å². The Morgan fingerprint density at radius 3 is 2.81 bits per heavy atom. The van der Waals surface area contributed by atoms with Gasteiger partial charge in [0, 0.05) is 17.8 Å². The summed E-state index contributed by atoms with van der Waals surface area (Å²) in [5.41, 5.74) is 1.01. The summed E-state index contributed by atoms with van der Waals surface area (Å²) in [6, 6.07) is 11.9. The van der Waals surface area contributed by atoms with Crippen molar-refractivity contribution in [1.82, 2.24) is 9.55 Å². The van der Waals surface area contributed by atoms with E-state index in [1.165, 1.54) is 23.1 Å². The molecule has 138 valence electrons. The maximum absolute atomic E-state index is 13.1. The highest BCUT2D eigenvalue weighted by Crippen LogP contribution is 2.34. The van der Waals surface area contributed by atoms with Crippen molar-refractivity contribution in [2.45, 2.75) is 42.6 Å². The fourth-order valence-corrected chi connectivity index (χ4v) is 5.63. The van der Waals surface area contributed by atoms with Crippen molar-refractivity contribution in [3.63, 3.8) is 0 Å². The molecule has 0 saturated heterocycles. The van der Waals surface area contributed by atoms with Gasteiger partial charge in [0.05, 0.1) is 10.6 Å². The Balaban J connectivity index is 1.80. The van der Waals surface area contributed by atoms with Gasteiger partial charge in [-0.1, -0.05) is 54.6 Å². The van der Waals surface area contributed by atoms with Crippen molar-refractivity contribution in [1.29, 1.82) is 0 Å². The van der Waals surface area contributed by atoms with E-state index >= 15 is 0 Å². The molecule has 1 atom stereocenters. The zero-order valence-electron chi connectivity index (χ0n) is 14.9. The van der Waals surface area contributed by atoms with Crippen LogP contribution in [0.5, 0.6) is 0 Å². The topological polar surface area (TPSA) is 52.0 Å². The Hall–Kier alpha value is -2.18. The maximum atomic E-state index is 13.1. The molecule has 0 radical (unpaired) electrons. The number of carbonyl (C=O) groups excluding carboxylic acids is 1. The molecule has 1 aromatic carbocycles. The van der Waals surface area contributed by atoms with Gasteiger partial charge in [-0.25, -0.2) is 4.98 Å². The number of Topliss-reactive ketones (excluding diaryl/α,β-unsaturated/α-hetero) is 1. The molecule has 4 rings (SSSR count). The van der Waals surface area contributed by atoms with Crippen LogP contribution in [0.25, 0.3) is 20.7 Å². The van der Waals surface area contributed by atoms with Gasteiger partial charge in [0.2, 0.25) is 0 Å². The van der Waals surface area contributed by atoms with Crippen LogP contribution in [0, 0.1) is 0 Å². The highest BCUT2D eigenvalue weighted by atomic mass is 32.2. The van der Waals surface area contributed by atoms with Gasteiger partial charge < -0.3 is 0 Å². The number of allylic oxidation sites excluding steroid dienone is 1. The van der Waals surface area contributed by atoms with E-state index in [1.807, 2.05) is 36.4 Å². The van der Waals surface area contributed by atoms with Crippen LogP contribution in [-0.2, 0) is 11.3 Å². The summed E-state index contributed by atoms with van der Waals surface area (Å²) in [5.74, 6) is 0.266. The molecular weight excluding hydrogens is 376 g/mol. The van der Waals surface area contributed by atoms with Crippen molar-refractivity contribution < 1.29 is 4.79 Å². The predicted octanol–water partition coefficient (Wildman–Crippen LogP) is 4.91. The number of thioether (sulfide) groups is 1. The predicted molar refractivity (Wildman–Crippen MR) is 113 cm³/mol. The van der Waals surface area contributed by atoms with Crippen molar-refractivity contribution in [2.75, 3.05) is 0 Å². The lowest BCUT2D eigenvalue weighted by Crippen LogP contribution is -2.26. The first-order valence-corrected chi connectivity index (χ1v) is 10.8. The zero-order valence-corrected chi connectivity index (χ0v) is 16.5. The lowest BCUT2D eigenvalue weighted by atomic mass is 9.99. The summed E-state index contributed by atoms with van der Waals surface area (Å²) in [6.07, 6.45) is 5.20. The molecule has 4 nitrogen and oxygen atoms in total. The second-order valence-electron chi connectivity index (χ2n) is 6.61. The van der Waals surface area contributed by atoms with Crippen LogP contribution < -0.4 is 5.56 Å². The van der Waals surface area contributed by atoms with E-state index in [-0.39, 0.29) is 16.6 Å². The van der Waals surface area contributed by atoms with Gasteiger partial charge in [-0.3, -0.25) is 14.2 Å². The van der Waals surface area contributed by atoms with E-state index in [4.69, 9.17) is 4.98 Å². The van der Waals surface area contributed by atoms with Gasteiger partial charge in [-0.2, -0.15) is 0 Å². The second-order valence-corrected chi connectivity index (χ2v) is 8.81. The first-order chi connectivity index (χ1) is 13.2. The van der Waals surface area contributed by atoms with E-state index in [0.717, 1.165) is 34.5 Å². The minimum Gasteiger partial charge on any atom is -0.298 e. The van der Waals surface area contributed by atoms with Gasteiger partial charge in [-0.05, 0) is 24.5 Å². The third-order valence-corrected chi connectivity index (χ3v) is 7.12. The number of carbonyl (C=O) groups is 1. The molecule has 2 aromatic heterocycles. The first kappa shape index (κ1) is 18.2. The Labute approximate surface area is 165 Å². The molecular formula is C21H20N2O2S2. The Bertz CT molecular complexity index is 1050. The monoisotopic (exact) mass is 396 g/mol. The zero-order chi connectivity index (χ0) is 18.8. The van der Waals surface area contributed by atoms with Gasteiger partial charge in [0.1, 0.15) is 10.6 Å². The minimum atomic E-state index is -0.104. The fourth-order valence-electron chi connectivity index (χ4n) is 3.32. The summed E-state index contributed by atoms with van der Waals surface area (Å²) in [5, 5.41) is 1.14. The van der Waals surface area contributed by atoms with Crippen molar-refractivity contribution >= 4 is 39.1 Å². The maximum Gasteiger partial charge on any atom is 0.263 e. The molecule has 1 fully saturated rings. The molecule has 27 heavy (non-hydrogen) atoms. The van der Waals surface area contributed by atoms with E-state index in [9.17, 15) is 9.59 Å². The summed E-state index contributed by atoms with van der Waals surface area (Å²) in [6.45, 7) is 4.16. The molecule has 3 aromatic rings. The fraction of sp³-hybridized carbons (Fsp3) is 0.286. The Morgan fingerprint density at radius 2 is 2.07 bits per heavy atom. The Morgan fingerprint density at radius 1 is 1.26 bits per heavy atom. The number of fused-ring (bicyclic) bond motifs is 1. The number of benzene rings is 1.